The molecule has 1 aliphatic rings. The first-order valence-corrected chi connectivity index (χ1v) is 7.00. The van der Waals surface area contributed by atoms with Gasteiger partial charge in [0.05, 0.1) is 0 Å². The maximum Gasteiger partial charge on any atom is 0.177 e. The van der Waals surface area contributed by atoms with E-state index >= 15 is 0 Å². The molecule has 3 aromatic rings. The second-order valence-corrected chi connectivity index (χ2v) is 5.14. The Bertz CT molecular complexity index is 772. The Kier molecular flexibility index (Phi) is 2.88. The molecule has 3 aromatic heterocycles. The number of ether oxygens (including phenoxy) is 1. The van der Waals surface area contributed by atoms with Gasteiger partial charge in [0.25, 0.3) is 0 Å². The van der Waals surface area contributed by atoms with E-state index in [-0.39, 0.29) is 0 Å². The molecule has 0 radical (unpaired) electrons. The van der Waals surface area contributed by atoms with Crippen molar-refractivity contribution in [3.05, 3.63) is 30.1 Å². The van der Waals surface area contributed by atoms with Crippen LogP contribution in [-0.2, 0) is 4.74 Å². The highest BCUT2D eigenvalue weighted by Gasteiger charge is 2.21. The minimum absolute atomic E-state index is 0.373. The first-order valence-electron chi connectivity index (χ1n) is 7.00. The molecule has 8 nitrogen and oxygen atoms in total. The van der Waals surface area contributed by atoms with E-state index in [1.807, 2.05) is 19.1 Å². The van der Waals surface area contributed by atoms with Crippen molar-refractivity contribution in [2.45, 2.75) is 25.7 Å². The predicted octanol–water partition coefficient (Wildman–Crippen LogP) is 0.907. The van der Waals surface area contributed by atoms with E-state index in [4.69, 9.17) is 4.74 Å². The fraction of sp³-hybridized carbons (Fsp3) is 0.462. The van der Waals surface area contributed by atoms with Crippen LogP contribution in [0.15, 0.2) is 18.5 Å². The van der Waals surface area contributed by atoms with Crippen LogP contribution in [0.2, 0.25) is 0 Å². The molecule has 0 spiro atoms. The lowest BCUT2D eigenvalue weighted by atomic mass is 10.00. The summed E-state index contributed by atoms with van der Waals surface area (Å²) in [6.45, 7) is 3.50. The summed E-state index contributed by atoms with van der Waals surface area (Å²) in [4.78, 5) is 4.59. The molecule has 1 aliphatic heterocycles. The highest BCUT2D eigenvalue weighted by molar-refractivity contribution is 5.38. The Hall–Kier alpha value is -2.35. The predicted molar refractivity (Wildman–Crippen MR) is 73.2 cm³/mol. The van der Waals surface area contributed by atoms with E-state index in [0.717, 1.165) is 37.7 Å². The molecule has 4 heterocycles. The van der Waals surface area contributed by atoms with Gasteiger partial charge in [-0.3, -0.25) is 0 Å². The van der Waals surface area contributed by atoms with Gasteiger partial charge in [-0.1, -0.05) is 0 Å². The number of nitrogens with zero attached hydrogens (tertiary/aromatic N) is 7. The summed E-state index contributed by atoms with van der Waals surface area (Å²) in [5.74, 6) is 2.79. The zero-order chi connectivity index (χ0) is 14.2. The maximum absolute atomic E-state index is 5.39. The first-order chi connectivity index (χ1) is 10.3. The molecule has 21 heavy (non-hydrogen) atoms. The van der Waals surface area contributed by atoms with Gasteiger partial charge in [-0.05, 0) is 31.9 Å². The number of aryl methyl sites for hydroxylation is 1. The highest BCUT2D eigenvalue weighted by atomic mass is 16.5. The summed E-state index contributed by atoms with van der Waals surface area (Å²) in [6, 6.07) is 3.74. The van der Waals surface area contributed by atoms with Gasteiger partial charge in [0, 0.05) is 19.1 Å². The van der Waals surface area contributed by atoms with Crippen LogP contribution in [0, 0.1) is 6.92 Å². The molecule has 0 bridgehead atoms. The molecule has 0 saturated carbocycles. The van der Waals surface area contributed by atoms with Crippen molar-refractivity contribution >= 4 is 5.65 Å². The molecule has 108 valence electrons. The van der Waals surface area contributed by atoms with E-state index in [9.17, 15) is 0 Å². The third-order valence-corrected chi connectivity index (χ3v) is 3.74. The lowest BCUT2D eigenvalue weighted by Crippen LogP contribution is -2.15. The topological polar surface area (TPSA) is 83.0 Å². The fourth-order valence-electron chi connectivity index (χ4n) is 2.59. The van der Waals surface area contributed by atoms with Crippen LogP contribution in [0.1, 0.15) is 30.4 Å². The van der Waals surface area contributed by atoms with Gasteiger partial charge in [-0.25, -0.2) is 4.98 Å². The Morgan fingerprint density at radius 1 is 1.19 bits per heavy atom. The van der Waals surface area contributed by atoms with Gasteiger partial charge >= 0.3 is 0 Å². The molecule has 1 saturated heterocycles. The molecule has 8 heteroatoms. The van der Waals surface area contributed by atoms with E-state index in [2.05, 4.69) is 25.4 Å². The van der Waals surface area contributed by atoms with Crippen LogP contribution in [0.4, 0.5) is 0 Å². The Morgan fingerprint density at radius 2 is 2.05 bits per heavy atom. The van der Waals surface area contributed by atoms with Gasteiger partial charge in [0.15, 0.2) is 17.3 Å². The quantitative estimate of drug-likeness (QED) is 0.696. The number of fused-ring (bicyclic) bond motifs is 1. The number of aromatic nitrogens is 7. The Labute approximate surface area is 120 Å². The number of hydrogen-bond acceptors (Lipinski definition) is 6. The fourth-order valence-corrected chi connectivity index (χ4v) is 2.59. The maximum atomic E-state index is 5.39. The monoisotopic (exact) mass is 285 g/mol. The van der Waals surface area contributed by atoms with Crippen molar-refractivity contribution in [3.63, 3.8) is 0 Å². The smallest absolute Gasteiger partial charge is 0.177 e. The van der Waals surface area contributed by atoms with Gasteiger partial charge in [-0.15, -0.1) is 20.4 Å². The van der Waals surface area contributed by atoms with Gasteiger partial charge in [0.1, 0.15) is 12.2 Å². The average Bonchev–Trinajstić information content (AvgIpc) is 3.13. The van der Waals surface area contributed by atoms with Crippen molar-refractivity contribution in [2.75, 3.05) is 13.2 Å². The van der Waals surface area contributed by atoms with Crippen molar-refractivity contribution in [1.29, 1.82) is 0 Å². The van der Waals surface area contributed by atoms with Gasteiger partial charge < -0.3 is 4.74 Å². The van der Waals surface area contributed by atoms with Crippen molar-refractivity contribution in [2.24, 2.45) is 0 Å². The normalized spacial score (nSPS) is 16.6. The number of rotatable bonds is 2. The van der Waals surface area contributed by atoms with Crippen LogP contribution in [0.5, 0.6) is 0 Å². The summed E-state index contributed by atoms with van der Waals surface area (Å²) in [6.07, 6.45) is 3.52. The molecular formula is C13H15N7O. The second kappa shape index (κ2) is 4.88. The largest absolute Gasteiger partial charge is 0.381 e. The number of hydrogen-bond donors (Lipinski definition) is 0. The average molecular weight is 285 g/mol. The van der Waals surface area contributed by atoms with Crippen LogP contribution >= 0.6 is 0 Å². The highest BCUT2D eigenvalue weighted by Crippen LogP contribution is 2.24. The third kappa shape index (κ3) is 2.17. The SMILES string of the molecule is Cc1nc(C2CCOCC2)nn1-c1ccc2nncn2n1. The van der Waals surface area contributed by atoms with Crippen LogP contribution in [-0.4, -0.2) is 47.8 Å². The summed E-state index contributed by atoms with van der Waals surface area (Å²) < 4.78 is 8.79. The molecular weight excluding hydrogens is 270 g/mol. The van der Waals surface area contributed by atoms with E-state index in [0.29, 0.717) is 17.4 Å². The first kappa shape index (κ1) is 12.4. The second-order valence-electron chi connectivity index (χ2n) is 5.14. The van der Waals surface area contributed by atoms with Crippen molar-refractivity contribution in [1.82, 2.24) is 34.6 Å². The molecule has 0 N–H and O–H groups in total. The minimum Gasteiger partial charge on any atom is -0.381 e. The zero-order valence-electron chi connectivity index (χ0n) is 11.7. The summed E-state index contributed by atoms with van der Waals surface area (Å²) in [5, 5.41) is 16.9. The Balaban J connectivity index is 1.72. The summed E-state index contributed by atoms with van der Waals surface area (Å²) >= 11 is 0. The van der Waals surface area contributed by atoms with Crippen LogP contribution < -0.4 is 0 Å². The zero-order valence-corrected chi connectivity index (χ0v) is 11.7. The van der Waals surface area contributed by atoms with Crippen LogP contribution in [0.25, 0.3) is 11.5 Å². The van der Waals surface area contributed by atoms with Crippen LogP contribution in [0.3, 0.4) is 0 Å². The summed E-state index contributed by atoms with van der Waals surface area (Å²) in [5.41, 5.74) is 0.709. The lowest BCUT2D eigenvalue weighted by Gasteiger charge is -2.18. The molecule has 0 aliphatic carbocycles. The van der Waals surface area contributed by atoms with E-state index in [1.54, 1.807) is 15.5 Å². The molecule has 0 unspecified atom stereocenters. The molecule has 4 rings (SSSR count). The molecule has 1 fully saturated rings. The molecule has 0 aromatic carbocycles. The lowest BCUT2D eigenvalue weighted by molar-refractivity contribution is 0.0836. The Morgan fingerprint density at radius 3 is 2.90 bits per heavy atom. The summed E-state index contributed by atoms with van der Waals surface area (Å²) in [7, 11) is 0. The van der Waals surface area contributed by atoms with Gasteiger partial charge in [0.2, 0.25) is 0 Å². The molecule has 0 atom stereocenters. The van der Waals surface area contributed by atoms with E-state index < -0.39 is 0 Å². The third-order valence-electron chi connectivity index (χ3n) is 3.74. The minimum atomic E-state index is 0.373. The molecule has 0 amide bonds. The van der Waals surface area contributed by atoms with Crippen molar-refractivity contribution < 1.29 is 4.74 Å². The van der Waals surface area contributed by atoms with Gasteiger partial charge in [-0.2, -0.15) is 9.20 Å². The van der Waals surface area contributed by atoms with E-state index in [1.165, 1.54) is 0 Å². The van der Waals surface area contributed by atoms with Crippen molar-refractivity contribution in [3.8, 4) is 5.82 Å². The standard InChI is InChI=1S/C13H15N7O/c1-9-15-13(10-4-6-21-7-5-10)18-20(9)12-3-2-11-16-14-8-19(11)17-12/h2-3,8,10H,4-7H2,1H3.